The molecule has 1 aromatic heterocycles. The highest BCUT2D eigenvalue weighted by atomic mass is 16.2. The van der Waals surface area contributed by atoms with Crippen LogP contribution in [0.4, 0.5) is 0 Å². The standard InChI is InChI=1S/C9H16N4O/c1-3-10-9(14)7(2)13-6-8-11-4-5-12-8/h4-5,7,13H,3,6H2,1-2H3,(H,10,14)(H,11,12). The van der Waals surface area contributed by atoms with Crippen LogP contribution in [0.25, 0.3) is 0 Å². The van der Waals surface area contributed by atoms with Crippen molar-refractivity contribution in [2.75, 3.05) is 6.54 Å². The molecule has 0 spiro atoms. The minimum atomic E-state index is -0.194. The fourth-order valence-electron chi connectivity index (χ4n) is 1.06. The quantitative estimate of drug-likeness (QED) is 0.622. The molecule has 14 heavy (non-hydrogen) atoms. The van der Waals surface area contributed by atoms with E-state index in [1.807, 2.05) is 13.8 Å². The zero-order valence-electron chi connectivity index (χ0n) is 8.50. The summed E-state index contributed by atoms with van der Waals surface area (Å²) < 4.78 is 0. The van der Waals surface area contributed by atoms with E-state index in [2.05, 4.69) is 20.6 Å². The Labute approximate surface area is 83.3 Å². The molecule has 5 heteroatoms. The van der Waals surface area contributed by atoms with E-state index in [4.69, 9.17) is 0 Å². The van der Waals surface area contributed by atoms with Crippen molar-refractivity contribution < 1.29 is 4.79 Å². The molecular weight excluding hydrogens is 180 g/mol. The van der Waals surface area contributed by atoms with E-state index in [1.165, 1.54) is 0 Å². The van der Waals surface area contributed by atoms with Crippen molar-refractivity contribution in [3.8, 4) is 0 Å². The Morgan fingerprint density at radius 3 is 3.07 bits per heavy atom. The van der Waals surface area contributed by atoms with Crippen LogP contribution in [0.2, 0.25) is 0 Å². The molecule has 1 aromatic rings. The molecule has 0 radical (unpaired) electrons. The first-order valence-corrected chi connectivity index (χ1v) is 4.73. The van der Waals surface area contributed by atoms with Gasteiger partial charge in [0.05, 0.1) is 12.6 Å². The molecule has 1 amide bonds. The highest BCUT2D eigenvalue weighted by Gasteiger charge is 2.10. The molecule has 5 nitrogen and oxygen atoms in total. The Hall–Kier alpha value is -1.36. The number of hydrogen-bond acceptors (Lipinski definition) is 3. The number of nitrogens with one attached hydrogen (secondary N) is 3. The molecule has 1 rings (SSSR count). The number of rotatable bonds is 5. The zero-order chi connectivity index (χ0) is 10.4. The molecule has 1 heterocycles. The van der Waals surface area contributed by atoms with Crippen LogP contribution in [0.1, 0.15) is 19.7 Å². The summed E-state index contributed by atoms with van der Waals surface area (Å²) >= 11 is 0. The Balaban J connectivity index is 2.27. The molecule has 0 saturated heterocycles. The smallest absolute Gasteiger partial charge is 0.236 e. The number of amides is 1. The van der Waals surface area contributed by atoms with Gasteiger partial charge in [0.1, 0.15) is 5.82 Å². The highest BCUT2D eigenvalue weighted by Crippen LogP contribution is 1.89. The van der Waals surface area contributed by atoms with Gasteiger partial charge in [-0.3, -0.25) is 10.1 Å². The van der Waals surface area contributed by atoms with Gasteiger partial charge in [-0.2, -0.15) is 0 Å². The minimum Gasteiger partial charge on any atom is -0.355 e. The molecule has 3 N–H and O–H groups in total. The van der Waals surface area contributed by atoms with Gasteiger partial charge < -0.3 is 10.3 Å². The maximum Gasteiger partial charge on any atom is 0.236 e. The third-order valence-electron chi connectivity index (χ3n) is 1.87. The average molecular weight is 196 g/mol. The lowest BCUT2D eigenvalue weighted by atomic mass is 10.3. The van der Waals surface area contributed by atoms with Crippen LogP contribution in [0.5, 0.6) is 0 Å². The van der Waals surface area contributed by atoms with Crippen molar-refractivity contribution in [3.05, 3.63) is 18.2 Å². The van der Waals surface area contributed by atoms with Gasteiger partial charge in [0.2, 0.25) is 5.91 Å². The summed E-state index contributed by atoms with van der Waals surface area (Å²) in [4.78, 5) is 18.3. The summed E-state index contributed by atoms with van der Waals surface area (Å²) in [6, 6.07) is -0.194. The van der Waals surface area contributed by atoms with Crippen LogP contribution in [-0.2, 0) is 11.3 Å². The van der Waals surface area contributed by atoms with E-state index < -0.39 is 0 Å². The van der Waals surface area contributed by atoms with E-state index >= 15 is 0 Å². The van der Waals surface area contributed by atoms with Crippen molar-refractivity contribution in [2.45, 2.75) is 26.4 Å². The summed E-state index contributed by atoms with van der Waals surface area (Å²) in [6.45, 7) is 4.96. The summed E-state index contributed by atoms with van der Waals surface area (Å²) in [5.74, 6) is 0.847. The first-order chi connectivity index (χ1) is 6.74. The first kappa shape index (κ1) is 10.7. The van der Waals surface area contributed by atoms with E-state index in [1.54, 1.807) is 12.4 Å². The number of nitrogens with zero attached hydrogens (tertiary/aromatic N) is 1. The van der Waals surface area contributed by atoms with Crippen molar-refractivity contribution in [3.63, 3.8) is 0 Å². The third-order valence-corrected chi connectivity index (χ3v) is 1.87. The van der Waals surface area contributed by atoms with Crippen LogP contribution in [0.3, 0.4) is 0 Å². The van der Waals surface area contributed by atoms with Crippen LogP contribution >= 0.6 is 0 Å². The predicted octanol–water partition coefficient (Wildman–Crippen LogP) is 0.0239. The summed E-state index contributed by atoms with van der Waals surface area (Å²) in [5, 5.41) is 5.81. The molecule has 78 valence electrons. The van der Waals surface area contributed by atoms with Gasteiger partial charge >= 0.3 is 0 Å². The second-order valence-electron chi connectivity index (χ2n) is 3.03. The lowest BCUT2D eigenvalue weighted by Crippen LogP contribution is -2.41. The zero-order valence-corrected chi connectivity index (χ0v) is 8.50. The number of H-pyrrole nitrogens is 1. The lowest BCUT2D eigenvalue weighted by molar-refractivity contribution is -0.122. The fourth-order valence-corrected chi connectivity index (χ4v) is 1.06. The van der Waals surface area contributed by atoms with Gasteiger partial charge in [-0.05, 0) is 13.8 Å². The molecule has 1 unspecified atom stereocenters. The summed E-state index contributed by atoms with van der Waals surface area (Å²) in [5.41, 5.74) is 0. The topological polar surface area (TPSA) is 69.8 Å². The SMILES string of the molecule is CCNC(=O)C(C)NCc1ncc[nH]1. The lowest BCUT2D eigenvalue weighted by Gasteiger charge is -2.11. The molecule has 0 aliphatic rings. The second-order valence-corrected chi connectivity index (χ2v) is 3.03. The number of hydrogen-bond donors (Lipinski definition) is 3. The van der Waals surface area contributed by atoms with Gasteiger partial charge in [0.25, 0.3) is 0 Å². The van der Waals surface area contributed by atoms with E-state index in [0.717, 1.165) is 5.82 Å². The molecular formula is C9H16N4O. The van der Waals surface area contributed by atoms with Crippen LogP contribution in [-0.4, -0.2) is 28.5 Å². The van der Waals surface area contributed by atoms with Crippen LogP contribution < -0.4 is 10.6 Å². The number of aromatic amines is 1. The third kappa shape index (κ3) is 3.18. The minimum absolute atomic E-state index is 0.0130. The largest absolute Gasteiger partial charge is 0.355 e. The molecule has 0 fully saturated rings. The van der Waals surface area contributed by atoms with Crippen molar-refractivity contribution in [1.29, 1.82) is 0 Å². The van der Waals surface area contributed by atoms with Gasteiger partial charge in [0.15, 0.2) is 0 Å². The Morgan fingerprint density at radius 2 is 2.50 bits per heavy atom. The van der Waals surface area contributed by atoms with Crippen LogP contribution in [0, 0.1) is 0 Å². The summed E-state index contributed by atoms with van der Waals surface area (Å²) in [6.07, 6.45) is 3.45. The molecule has 0 aliphatic heterocycles. The Kier molecular flexibility index (Phi) is 4.12. The number of carbonyl (C=O) groups excluding carboxylic acids is 1. The maximum absolute atomic E-state index is 11.3. The van der Waals surface area contributed by atoms with Crippen molar-refractivity contribution >= 4 is 5.91 Å². The van der Waals surface area contributed by atoms with Crippen LogP contribution in [0.15, 0.2) is 12.4 Å². The molecule has 0 bridgehead atoms. The van der Waals surface area contributed by atoms with Gasteiger partial charge in [-0.1, -0.05) is 0 Å². The van der Waals surface area contributed by atoms with Crippen molar-refractivity contribution in [2.24, 2.45) is 0 Å². The van der Waals surface area contributed by atoms with Crippen molar-refractivity contribution in [1.82, 2.24) is 20.6 Å². The van der Waals surface area contributed by atoms with E-state index in [9.17, 15) is 4.79 Å². The second kappa shape index (κ2) is 5.39. The molecule has 0 saturated carbocycles. The average Bonchev–Trinajstić information content (AvgIpc) is 2.67. The van der Waals surface area contributed by atoms with Gasteiger partial charge in [-0.25, -0.2) is 4.98 Å². The maximum atomic E-state index is 11.3. The monoisotopic (exact) mass is 196 g/mol. The Bertz CT molecular complexity index is 270. The molecule has 0 aliphatic carbocycles. The van der Waals surface area contributed by atoms with Gasteiger partial charge in [0, 0.05) is 18.9 Å². The number of likely N-dealkylation sites (N-methyl/N-ethyl adjacent to an activating group) is 1. The predicted molar refractivity (Wildman–Crippen MR) is 53.6 cm³/mol. The summed E-state index contributed by atoms with van der Waals surface area (Å²) in [7, 11) is 0. The number of aromatic nitrogens is 2. The van der Waals surface area contributed by atoms with E-state index in [-0.39, 0.29) is 11.9 Å². The number of imidazole rings is 1. The molecule has 0 aromatic carbocycles. The van der Waals surface area contributed by atoms with Gasteiger partial charge in [-0.15, -0.1) is 0 Å². The Morgan fingerprint density at radius 1 is 1.71 bits per heavy atom. The number of carbonyl (C=O) groups is 1. The molecule has 1 atom stereocenters. The van der Waals surface area contributed by atoms with E-state index in [0.29, 0.717) is 13.1 Å². The normalized spacial score (nSPS) is 12.4. The highest BCUT2D eigenvalue weighted by molar-refractivity contribution is 5.81. The first-order valence-electron chi connectivity index (χ1n) is 4.73. The fraction of sp³-hybridized carbons (Fsp3) is 0.556.